The van der Waals surface area contributed by atoms with Crippen molar-refractivity contribution in [2.45, 2.75) is 174 Å². The Labute approximate surface area is 282 Å². The summed E-state index contributed by atoms with van der Waals surface area (Å²) in [6.45, 7) is 6.38. The van der Waals surface area contributed by atoms with Crippen LogP contribution in [0, 0.1) is 5.92 Å². The highest BCUT2D eigenvalue weighted by molar-refractivity contribution is 5.69. The van der Waals surface area contributed by atoms with E-state index < -0.39 is 6.10 Å². The van der Waals surface area contributed by atoms with Crippen LogP contribution < -0.4 is 0 Å². The molecule has 6 heteroatoms. The lowest BCUT2D eigenvalue weighted by molar-refractivity contribution is -0.152. The van der Waals surface area contributed by atoms with Crippen LogP contribution >= 0.6 is 0 Å². The van der Waals surface area contributed by atoms with Crippen molar-refractivity contribution in [2.75, 3.05) is 13.2 Å². The van der Waals surface area contributed by atoms with E-state index in [0.29, 0.717) is 19.3 Å². The van der Waals surface area contributed by atoms with E-state index in [1.165, 1.54) is 57.8 Å². The molecule has 0 amide bonds. The van der Waals surface area contributed by atoms with Crippen molar-refractivity contribution in [1.29, 1.82) is 0 Å². The van der Waals surface area contributed by atoms with Gasteiger partial charge in [0.2, 0.25) is 0 Å². The number of ether oxygens (including phenoxy) is 2. The molecule has 0 aliphatic rings. The normalized spacial score (nSPS) is 13.5. The molecule has 0 spiro atoms. The third kappa shape index (κ3) is 34.7. The summed E-state index contributed by atoms with van der Waals surface area (Å²) in [4.78, 5) is 23.9. The molecular weight excluding hydrogens is 576 g/mol. The Morgan fingerprint density at radius 3 is 1.48 bits per heavy atom. The van der Waals surface area contributed by atoms with Crippen LogP contribution in [0.3, 0.4) is 0 Å². The van der Waals surface area contributed by atoms with Crippen LogP contribution in [0.1, 0.15) is 162 Å². The molecule has 2 atom stereocenters. The van der Waals surface area contributed by atoms with E-state index in [9.17, 15) is 19.8 Å². The molecule has 0 bridgehead atoms. The zero-order valence-corrected chi connectivity index (χ0v) is 29.8. The molecule has 0 aromatic carbocycles. The number of hydrogen-bond donors (Lipinski definition) is 2. The predicted octanol–water partition coefficient (Wildman–Crippen LogP) is 10.3. The van der Waals surface area contributed by atoms with Gasteiger partial charge in [0.25, 0.3) is 0 Å². The van der Waals surface area contributed by atoms with E-state index in [-0.39, 0.29) is 31.3 Å². The van der Waals surface area contributed by atoms with Gasteiger partial charge in [-0.15, -0.1) is 0 Å². The summed E-state index contributed by atoms with van der Waals surface area (Å²) in [5.41, 5.74) is 0. The first kappa shape index (κ1) is 43.8. The van der Waals surface area contributed by atoms with Crippen LogP contribution in [0.4, 0.5) is 0 Å². The zero-order valence-electron chi connectivity index (χ0n) is 29.8. The molecule has 0 radical (unpaired) electrons. The van der Waals surface area contributed by atoms with Crippen LogP contribution in [-0.4, -0.2) is 47.6 Å². The molecule has 6 nitrogen and oxygen atoms in total. The van der Waals surface area contributed by atoms with Gasteiger partial charge in [-0.05, 0) is 57.3 Å². The molecule has 1 unspecified atom stereocenters. The summed E-state index contributed by atoms with van der Waals surface area (Å²) < 4.78 is 10.3. The van der Waals surface area contributed by atoms with Crippen molar-refractivity contribution < 1.29 is 29.3 Å². The van der Waals surface area contributed by atoms with E-state index in [4.69, 9.17) is 9.47 Å². The average molecular weight is 647 g/mol. The lowest BCUT2D eigenvalue weighted by Crippen LogP contribution is -2.25. The second kappa shape index (κ2) is 34.2. The number of esters is 2. The van der Waals surface area contributed by atoms with Gasteiger partial charge in [-0.1, -0.05) is 146 Å². The highest BCUT2D eigenvalue weighted by atomic mass is 16.6. The Morgan fingerprint density at radius 2 is 0.978 bits per heavy atom. The molecular formula is C40H70O6. The Bertz CT molecular complexity index is 813. The van der Waals surface area contributed by atoms with Gasteiger partial charge in [0, 0.05) is 12.8 Å². The van der Waals surface area contributed by atoms with Crippen molar-refractivity contribution in [3.63, 3.8) is 0 Å². The topological polar surface area (TPSA) is 93.1 Å². The molecule has 0 aromatic heterocycles. The number of carbonyl (C=O) groups is 2. The minimum atomic E-state index is -0.995. The second-order valence-corrected chi connectivity index (χ2v) is 13.0. The van der Waals surface area contributed by atoms with Crippen molar-refractivity contribution in [1.82, 2.24) is 0 Å². The monoisotopic (exact) mass is 647 g/mol. The molecule has 0 fully saturated rings. The van der Waals surface area contributed by atoms with Gasteiger partial charge in [0.1, 0.15) is 19.3 Å². The fourth-order valence-corrected chi connectivity index (χ4v) is 4.98. The highest BCUT2D eigenvalue weighted by Gasteiger charge is 2.12. The third-order valence-corrected chi connectivity index (χ3v) is 7.80. The largest absolute Gasteiger partial charge is 0.463 e. The standard InChI is InChI=1S/C40H70O6/c1-4-29-37(41)31-26-22-18-14-10-6-5-7-11-15-19-23-27-32-39(43)45-34-38(42)35-46-40(44)33-28-24-20-16-12-8-9-13-17-21-25-30-36(2)3/h5,7,10,14-15,19,22,26,36-38,41-42H,4,6,8-9,11-13,16-18,20-21,23-25,27-35H2,1-3H3/b7-5-,14-10-,19-15-,26-22-/t37?,38-/m0/s1. The molecule has 0 rings (SSSR count). The number of rotatable bonds is 32. The van der Waals surface area contributed by atoms with E-state index in [1.54, 1.807) is 0 Å². The minimum Gasteiger partial charge on any atom is -0.463 e. The Morgan fingerprint density at radius 1 is 0.543 bits per heavy atom. The third-order valence-electron chi connectivity index (χ3n) is 7.80. The predicted molar refractivity (Wildman–Crippen MR) is 193 cm³/mol. The van der Waals surface area contributed by atoms with Crippen molar-refractivity contribution in [3.05, 3.63) is 48.6 Å². The van der Waals surface area contributed by atoms with E-state index >= 15 is 0 Å². The second-order valence-electron chi connectivity index (χ2n) is 13.0. The summed E-state index contributed by atoms with van der Waals surface area (Å²) in [7, 11) is 0. The Balaban J connectivity index is 3.58. The van der Waals surface area contributed by atoms with Crippen molar-refractivity contribution in [2.24, 2.45) is 5.92 Å². The fourth-order valence-electron chi connectivity index (χ4n) is 4.98. The fraction of sp³-hybridized carbons (Fsp3) is 0.750. The van der Waals surface area contributed by atoms with Crippen LogP contribution in [-0.2, 0) is 19.1 Å². The van der Waals surface area contributed by atoms with E-state index in [2.05, 4.69) is 69.4 Å². The molecule has 0 saturated carbocycles. The number of aliphatic hydroxyl groups is 2. The minimum absolute atomic E-state index is 0.142. The number of hydrogen-bond acceptors (Lipinski definition) is 6. The molecule has 266 valence electrons. The quantitative estimate of drug-likeness (QED) is 0.0429. The van der Waals surface area contributed by atoms with Crippen molar-refractivity contribution >= 4 is 11.9 Å². The van der Waals surface area contributed by atoms with Gasteiger partial charge < -0.3 is 19.7 Å². The average Bonchev–Trinajstić information content (AvgIpc) is 3.03. The molecule has 2 N–H and O–H groups in total. The van der Waals surface area contributed by atoms with Gasteiger partial charge in [0.05, 0.1) is 6.10 Å². The maximum Gasteiger partial charge on any atom is 0.305 e. The summed E-state index contributed by atoms with van der Waals surface area (Å²) in [5, 5.41) is 19.7. The van der Waals surface area contributed by atoms with Crippen molar-refractivity contribution in [3.8, 4) is 0 Å². The highest BCUT2D eigenvalue weighted by Crippen LogP contribution is 2.14. The van der Waals surface area contributed by atoms with E-state index in [0.717, 1.165) is 70.1 Å². The Hall–Kier alpha value is -2.18. The first-order valence-corrected chi connectivity index (χ1v) is 18.6. The van der Waals surface area contributed by atoms with Gasteiger partial charge in [-0.2, -0.15) is 0 Å². The molecule has 0 saturated heterocycles. The first-order valence-electron chi connectivity index (χ1n) is 18.6. The summed E-state index contributed by atoms with van der Waals surface area (Å²) in [6.07, 6.45) is 38.0. The molecule has 0 aliphatic heterocycles. The van der Waals surface area contributed by atoms with E-state index in [1.807, 2.05) is 0 Å². The number of carbonyl (C=O) groups excluding carboxylic acids is 2. The van der Waals surface area contributed by atoms with Crippen LogP contribution in [0.2, 0.25) is 0 Å². The molecule has 0 aromatic rings. The number of unbranched alkanes of at least 4 members (excludes halogenated alkanes) is 11. The van der Waals surface area contributed by atoms with Gasteiger partial charge in [-0.25, -0.2) is 0 Å². The lowest BCUT2D eigenvalue weighted by atomic mass is 10.0. The first-order chi connectivity index (χ1) is 22.3. The van der Waals surface area contributed by atoms with Gasteiger partial charge in [-0.3, -0.25) is 9.59 Å². The number of aliphatic hydroxyl groups excluding tert-OH is 2. The van der Waals surface area contributed by atoms with Gasteiger partial charge >= 0.3 is 11.9 Å². The molecule has 46 heavy (non-hydrogen) atoms. The SMILES string of the molecule is CCCC(O)C/C=C\C/C=C\C/C=C\C/C=C\CCCC(=O)OC[C@H](O)COC(=O)CCCCCCCCCCCCCC(C)C. The number of allylic oxidation sites excluding steroid dienone is 7. The smallest absolute Gasteiger partial charge is 0.305 e. The summed E-state index contributed by atoms with van der Waals surface area (Å²) >= 11 is 0. The maximum absolute atomic E-state index is 11.9. The molecule has 0 aliphatic carbocycles. The van der Waals surface area contributed by atoms with Crippen LogP contribution in [0.25, 0.3) is 0 Å². The lowest BCUT2D eigenvalue weighted by Gasteiger charge is -2.12. The zero-order chi connectivity index (χ0) is 33.9. The van der Waals surface area contributed by atoms with Crippen LogP contribution in [0.15, 0.2) is 48.6 Å². The molecule has 0 heterocycles. The summed E-state index contributed by atoms with van der Waals surface area (Å²) in [6, 6.07) is 0. The summed E-state index contributed by atoms with van der Waals surface area (Å²) in [5.74, 6) is 0.179. The van der Waals surface area contributed by atoms with Gasteiger partial charge in [0.15, 0.2) is 0 Å². The maximum atomic E-state index is 11.9. The Kier molecular flexibility index (Phi) is 32.5. The van der Waals surface area contributed by atoms with Crippen LogP contribution in [0.5, 0.6) is 0 Å².